The molecule has 0 radical (unpaired) electrons. The summed E-state index contributed by atoms with van der Waals surface area (Å²) in [5.41, 5.74) is 1.05. The summed E-state index contributed by atoms with van der Waals surface area (Å²) in [6.45, 7) is 8.42. The minimum Gasteiger partial charge on any atom is -0.353 e. The van der Waals surface area contributed by atoms with Crippen LogP contribution < -0.4 is 10.6 Å². The monoisotopic (exact) mass is 345 g/mol. The van der Waals surface area contributed by atoms with Crippen LogP contribution in [0.3, 0.4) is 0 Å². The number of hydrogen-bond acceptors (Lipinski definition) is 3. The van der Waals surface area contributed by atoms with Gasteiger partial charge in [-0.2, -0.15) is 0 Å². The fourth-order valence-electron chi connectivity index (χ4n) is 3.16. The molecule has 1 fully saturated rings. The van der Waals surface area contributed by atoms with Crippen LogP contribution in [0.5, 0.6) is 0 Å². The lowest BCUT2D eigenvalue weighted by Crippen LogP contribution is -2.57. The summed E-state index contributed by atoms with van der Waals surface area (Å²) in [4.78, 5) is 27.0. The fraction of sp³-hybridized carbons (Fsp3) is 0.600. The highest BCUT2D eigenvalue weighted by molar-refractivity contribution is 5.89. The van der Waals surface area contributed by atoms with Gasteiger partial charge in [-0.25, -0.2) is 0 Å². The molecule has 25 heavy (non-hydrogen) atoms. The molecule has 1 heterocycles. The van der Waals surface area contributed by atoms with Crippen molar-refractivity contribution in [3.05, 3.63) is 35.9 Å². The van der Waals surface area contributed by atoms with Crippen molar-refractivity contribution < 1.29 is 9.59 Å². The summed E-state index contributed by atoms with van der Waals surface area (Å²) >= 11 is 0. The number of rotatable bonds is 8. The predicted octanol–water partition coefficient (Wildman–Crippen LogP) is 2.11. The highest BCUT2D eigenvalue weighted by atomic mass is 16.2. The molecular weight excluding hydrogens is 314 g/mol. The molecule has 2 amide bonds. The van der Waals surface area contributed by atoms with Gasteiger partial charge in [0.15, 0.2) is 0 Å². The average molecular weight is 345 g/mol. The van der Waals surface area contributed by atoms with Gasteiger partial charge in [0.1, 0.15) is 0 Å². The number of carbonyl (C=O) groups is 2. The molecule has 0 saturated carbocycles. The second kappa shape index (κ2) is 8.99. The maximum absolute atomic E-state index is 12.5. The van der Waals surface area contributed by atoms with Gasteiger partial charge >= 0.3 is 0 Å². The third-order valence-corrected chi connectivity index (χ3v) is 5.35. The Hall–Kier alpha value is -1.88. The van der Waals surface area contributed by atoms with E-state index in [0.717, 1.165) is 32.4 Å². The quantitative estimate of drug-likeness (QED) is 0.759. The van der Waals surface area contributed by atoms with Crippen LogP contribution in [-0.2, 0) is 16.0 Å². The van der Waals surface area contributed by atoms with Crippen LogP contribution in [0.15, 0.2) is 30.3 Å². The van der Waals surface area contributed by atoms with Gasteiger partial charge in [-0.3, -0.25) is 14.5 Å². The van der Waals surface area contributed by atoms with E-state index in [2.05, 4.69) is 48.4 Å². The summed E-state index contributed by atoms with van der Waals surface area (Å²) in [5.74, 6) is -0.0814. The van der Waals surface area contributed by atoms with E-state index < -0.39 is 0 Å². The number of nitrogens with one attached hydrogen (secondary N) is 2. The van der Waals surface area contributed by atoms with E-state index in [-0.39, 0.29) is 29.8 Å². The molecule has 2 rings (SSSR count). The second-order valence-corrected chi connectivity index (χ2v) is 7.10. The van der Waals surface area contributed by atoms with E-state index in [1.165, 1.54) is 5.56 Å². The van der Waals surface area contributed by atoms with Gasteiger partial charge < -0.3 is 10.6 Å². The first-order chi connectivity index (χ1) is 12.0. The normalized spacial score (nSPS) is 18.7. The molecule has 0 spiro atoms. The molecule has 0 bridgehead atoms. The van der Waals surface area contributed by atoms with E-state index in [1.54, 1.807) is 0 Å². The molecule has 2 N–H and O–H groups in total. The van der Waals surface area contributed by atoms with Gasteiger partial charge in [0.2, 0.25) is 11.8 Å². The zero-order valence-corrected chi connectivity index (χ0v) is 15.7. The molecule has 5 heteroatoms. The maximum Gasteiger partial charge on any atom is 0.237 e. The Morgan fingerprint density at radius 3 is 2.60 bits per heavy atom. The molecule has 138 valence electrons. The van der Waals surface area contributed by atoms with Gasteiger partial charge in [0.05, 0.1) is 12.5 Å². The molecular formula is C20H31N3O2. The number of nitrogens with zero attached hydrogens (tertiary/aromatic N) is 1. The first-order valence-corrected chi connectivity index (χ1v) is 9.34. The molecule has 1 aliphatic heterocycles. The van der Waals surface area contributed by atoms with Crippen LogP contribution in [0.2, 0.25) is 0 Å². The van der Waals surface area contributed by atoms with E-state index in [0.29, 0.717) is 6.54 Å². The Kier molecular flexibility index (Phi) is 7.00. The topological polar surface area (TPSA) is 61.4 Å². The number of benzene rings is 1. The van der Waals surface area contributed by atoms with Crippen molar-refractivity contribution in [1.82, 2.24) is 15.5 Å². The largest absolute Gasteiger partial charge is 0.353 e. The zero-order valence-electron chi connectivity index (χ0n) is 15.7. The Balaban J connectivity index is 1.96. The van der Waals surface area contributed by atoms with Gasteiger partial charge in [-0.15, -0.1) is 0 Å². The lowest BCUT2D eigenvalue weighted by molar-refractivity contribution is -0.134. The molecule has 1 aromatic carbocycles. The van der Waals surface area contributed by atoms with Crippen molar-refractivity contribution >= 4 is 11.8 Å². The Labute approximate surface area is 151 Å². The van der Waals surface area contributed by atoms with E-state index in [4.69, 9.17) is 0 Å². The minimum atomic E-state index is -0.379. The summed E-state index contributed by atoms with van der Waals surface area (Å²) in [7, 11) is 0. The van der Waals surface area contributed by atoms with Gasteiger partial charge in [0.25, 0.3) is 0 Å². The second-order valence-electron chi connectivity index (χ2n) is 7.10. The fourth-order valence-corrected chi connectivity index (χ4v) is 3.16. The van der Waals surface area contributed by atoms with Crippen LogP contribution in [0.25, 0.3) is 0 Å². The van der Waals surface area contributed by atoms with Crippen LogP contribution in [-0.4, -0.2) is 47.9 Å². The van der Waals surface area contributed by atoms with Crippen molar-refractivity contribution in [3.63, 3.8) is 0 Å². The predicted molar refractivity (Wildman–Crippen MR) is 100 cm³/mol. The Morgan fingerprint density at radius 1 is 1.28 bits per heavy atom. The summed E-state index contributed by atoms with van der Waals surface area (Å²) < 4.78 is 0. The molecule has 0 unspecified atom stereocenters. The molecule has 1 aliphatic rings. The van der Waals surface area contributed by atoms with Crippen molar-refractivity contribution in [2.75, 3.05) is 19.6 Å². The zero-order chi connectivity index (χ0) is 18.3. The lowest BCUT2D eigenvalue weighted by Gasteiger charge is -2.36. The van der Waals surface area contributed by atoms with Crippen molar-refractivity contribution in [1.29, 1.82) is 0 Å². The molecule has 0 aliphatic carbocycles. The van der Waals surface area contributed by atoms with Gasteiger partial charge in [-0.1, -0.05) is 44.2 Å². The molecule has 1 saturated heterocycles. The van der Waals surface area contributed by atoms with Crippen molar-refractivity contribution in [2.24, 2.45) is 0 Å². The lowest BCUT2D eigenvalue weighted by atomic mass is 9.95. The van der Waals surface area contributed by atoms with Crippen LogP contribution in [0, 0.1) is 0 Å². The third-order valence-electron chi connectivity index (χ3n) is 5.35. The van der Waals surface area contributed by atoms with Crippen LogP contribution in [0.1, 0.15) is 45.6 Å². The first kappa shape index (κ1) is 19.4. The molecule has 1 atom stereocenters. The SMILES string of the molecule is CCC(C)(CC)NC(=O)C[C@@H]1C(=O)NCCN1CCc1ccccc1. The average Bonchev–Trinajstić information content (AvgIpc) is 2.63. The summed E-state index contributed by atoms with van der Waals surface area (Å²) in [6, 6.07) is 9.87. The summed E-state index contributed by atoms with van der Waals surface area (Å²) in [5, 5.41) is 6.01. The van der Waals surface area contributed by atoms with E-state index >= 15 is 0 Å². The maximum atomic E-state index is 12.5. The van der Waals surface area contributed by atoms with E-state index in [9.17, 15) is 9.59 Å². The molecule has 0 aromatic heterocycles. The number of piperazine rings is 1. The molecule has 1 aromatic rings. The third kappa shape index (κ3) is 5.56. The highest BCUT2D eigenvalue weighted by Gasteiger charge is 2.32. The smallest absolute Gasteiger partial charge is 0.237 e. The number of hydrogen-bond donors (Lipinski definition) is 2. The Bertz CT molecular complexity index is 570. The van der Waals surface area contributed by atoms with E-state index in [1.807, 2.05) is 18.2 Å². The standard InChI is InChI=1S/C20H31N3O2/c1-4-20(3,5-2)22-18(24)15-17-19(25)21-12-14-23(17)13-11-16-9-7-6-8-10-16/h6-10,17H,4-5,11-15H2,1-3H3,(H,21,25)(H,22,24)/t17-/m1/s1. The Morgan fingerprint density at radius 2 is 1.96 bits per heavy atom. The van der Waals surface area contributed by atoms with Crippen LogP contribution >= 0.6 is 0 Å². The van der Waals surface area contributed by atoms with Gasteiger partial charge in [0, 0.05) is 25.2 Å². The van der Waals surface area contributed by atoms with Crippen molar-refractivity contribution in [3.8, 4) is 0 Å². The van der Waals surface area contributed by atoms with Crippen molar-refractivity contribution in [2.45, 2.75) is 58.0 Å². The molecule has 5 nitrogen and oxygen atoms in total. The van der Waals surface area contributed by atoms with Crippen LogP contribution in [0.4, 0.5) is 0 Å². The number of carbonyl (C=O) groups excluding carboxylic acids is 2. The summed E-state index contributed by atoms with van der Waals surface area (Å²) in [6.07, 6.45) is 2.86. The van der Waals surface area contributed by atoms with Gasteiger partial charge in [-0.05, 0) is 31.7 Å². The number of amides is 2. The first-order valence-electron chi connectivity index (χ1n) is 9.34. The minimum absolute atomic E-state index is 0.0378. The highest BCUT2D eigenvalue weighted by Crippen LogP contribution is 2.16.